The molecule has 0 saturated carbocycles. The quantitative estimate of drug-likeness (QED) is 0.390. The molecular weight excluding hydrogens is 414 g/mol. The number of likely N-dealkylation sites (N-methyl/N-ethyl adjacent to an activating group) is 1. The highest BCUT2D eigenvalue weighted by Gasteiger charge is 2.27. The first-order chi connectivity index (χ1) is 15.7. The van der Waals surface area contributed by atoms with E-state index in [1.54, 1.807) is 12.1 Å². The van der Waals surface area contributed by atoms with Gasteiger partial charge in [0.25, 0.3) is 0 Å². The smallest absolute Gasteiger partial charge is 0.336 e. The van der Waals surface area contributed by atoms with Crippen molar-refractivity contribution in [3.05, 3.63) is 52.9 Å². The summed E-state index contributed by atoms with van der Waals surface area (Å²) in [6, 6.07) is 12.3. The lowest BCUT2D eigenvalue weighted by Crippen LogP contribution is -2.41. The first-order valence-electron chi connectivity index (χ1n) is 10.8. The van der Waals surface area contributed by atoms with Gasteiger partial charge in [0.15, 0.2) is 23.0 Å². The van der Waals surface area contributed by atoms with Crippen molar-refractivity contribution in [1.82, 2.24) is 4.90 Å². The van der Waals surface area contributed by atoms with E-state index in [9.17, 15) is 4.79 Å². The molecular formula is C24H25NO7. The lowest BCUT2D eigenvalue weighted by molar-refractivity contribution is 0.0585. The summed E-state index contributed by atoms with van der Waals surface area (Å²) in [7, 11) is 0. The molecule has 2 aliphatic heterocycles. The third-order valence-electron chi connectivity index (χ3n) is 5.55. The molecule has 5 rings (SSSR count). The molecule has 0 radical (unpaired) electrons. The van der Waals surface area contributed by atoms with Gasteiger partial charge in [-0.2, -0.15) is 0 Å². The second-order valence-electron chi connectivity index (χ2n) is 7.75. The van der Waals surface area contributed by atoms with E-state index >= 15 is 0 Å². The highest BCUT2D eigenvalue weighted by atomic mass is 16.7. The van der Waals surface area contributed by atoms with Crippen LogP contribution < -0.4 is 29.3 Å². The van der Waals surface area contributed by atoms with Crippen LogP contribution in [-0.4, -0.2) is 50.6 Å². The number of hydrogen-bond donors (Lipinski definition) is 0. The zero-order valence-corrected chi connectivity index (χ0v) is 17.9. The molecule has 0 unspecified atom stereocenters. The predicted octanol–water partition coefficient (Wildman–Crippen LogP) is 3.45. The molecule has 8 heteroatoms. The van der Waals surface area contributed by atoms with Crippen molar-refractivity contribution in [1.29, 1.82) is 0 Å². The van der Waals surface area contributed by atoms with E-state index in [-0.39, 0.29) is 18.5 Å². The third kappa shape index (κ3) is 4.45. The Balaban J connectivity index is 1.11. The summed E-state index contributed by atoms with van der Waals surface area (Å²) < 4.78 is 33.9. The van der Waals surface area contributed by atoms with Crippen LogP contribution in [0.4, 0.5) is 0 Å². The Hall–Kier alpha value is -3.39. The highest BCUT2D eigenvalue weighted by Crippen LogP contribution is 2.43. The fraction of sp³-hybridized carbons (Fsp3) is 0.375. The SMILES string of the molecule is CCN(CCCOc1ccc2ccc(=O)oc2c1)C[C@H]1COc2cc3c(cc2O1)OCO3. The van der Waals surface area contributed by atoms with Gasteiger partial charge in [-0.3, -0.25) is 4.90 Å². The van der Waals surface area contributed by atoms with Gasteiger partial charge in [0, 0.05) is 42.7 Å². The van der Waals surface area contributed by atoms with Crippen molar-refractivity contribution < 1.29 is 28.1 Å². The molecule has 2 aliphatic rings. The second kappa shape index (κ2) is 9.00. The van der Waals surface area contributed by atoms with Gasteiger partial charge in [-0.25, -0.2) is 4.79 Å². The fourth-order valence-electron chi connectivity index (χ4n) is 3.87. The molecule has 3 aromatic rings. The van der Waals surface area contributed by atoms with Crippen LogP contribution in [0.5, 0.6) is 28.7 Å². The molecule has 0 fully saturated rings. The molecule has 0 saturated heterocycles. The molecule has 8 nitrogen and oxygen atoms in total. The standard InChI is InChI=1S/C24H25NO7/c1-2-25(8-3-9-27-17-6-4-16-5-7-24(26)32-19(16)10-17)13-18-14-28-22-11-20-21(30-15-29-20)12-23(22)31-18/h4-7,10-12,18H,2-3,8-9,13-15H2,1H3/t18-/m0/s1. The van der Waals surface area contributed by atoms with Crippen LogP contribution in [0.15, 0.2) is 51.7 Å². The maximum Gasteiger partial charge on any atom is 0.336 e. The van der Waals surface area contributed by atoms with E-state index in [0.29, 0.717) is 47.5 Å². The molecule has 1 aromatic heterocycles. The second-order valence-corrected chi connectivity index (χ2v) is 7.75. The molecule has 0 N–H and O–H groups in total. The Bertz CT molecular complexity index is 1160. The molecule has 32 heavy (non-hydrogen) atoms. The number of benzene rings is 2. The number of fused-ring (bicyclic) bond motifs is 3. The van der Waals surface area contributed by atoms with Crippen LogP contribution in [0.3, 0.4) is 0 Å². The first-order valence-corrected chi connectivity index (χ1v) is 10.8. The van der Waals surface area contributed by atoms with Crippen molar-refractivity contribution in [2.24, 2.45) is 0 Å². The zero-order chi connectivity index (χ0) is 21.9. The minimum Gasteiger partial charge on any atom is -0.493 e. The fourth-order valence-corrected chi connectivity index (χ4v) is 3.87. The summed E-state index contributed by atoms with van der Waals surface area (Å²) in [6.45, 7) is 5.92. The van der Waals surface area contributed by atoms with E-state index in [4.69, 9.17) is 28.1 Å². The number of hydrogen-bond acceptors (Lipinski definition) is 8. The summed E-state index contributed by atoms with van der Waals surface area (Å²) in [6.07, 6.45) is 0.792. The summed E-state index contributed by atoms with van der Waals surface area (Å²) >= 11 is 0. The first kappa shape index (κ1) is 20.5. The topological polar surface area (TPSA) is 79.6 Å². The Morgan fingerprint density at radius 1 is 1.00 bits per heavy atom. The monoisotopic (exact) mass is 439 g/mol. The van der Waals surface area contributed by atoms with Gasteiger partial charge in [0.1, 0.15) is 24.0 Å². The van der Waals surface area contributed by atoms with Crippen molar-refractivity contribution in [3.8, 4) is 28.7 Å². The van der Waals surface area contributed by atoms with Crippen molar-refractivity contribution >= 4 is 11.0 Å². The Kier molecular flexibility index (Phi) is 5.77. The lowest BCUT2D eigenvalue weighted by Gasteiger charge is -2.31. The van der Waals surface area contributed by atoms with Crippen LogP contribution in [0.2, 0.25) is 0 Å². The normalized spacial score (nSPS) is 16.5. The maximum atomic E-state index is 11.4. The molecule has 0 spiro atoms. The Labute approximate surface area is 185 Å². The number of rotatable bonds is 8. The van der Waals surface area contributed by atoms with Gasteiger partial charge in [0.05, 0.1) is 6.61 Å². The van der Waals surface area contributed by atoms with E-state index in [1.165, 1.54) is 6.07 Å². The van der Waals surface area contributed by atoms with Gasteiger partial charge in [-0.05, 0) is 31.2 Å². The maximum absolute atomic E-state index is 11.4. The van der Waals surface area contributed by atoms with Crippen molar-refractivity contribution in [2.75, 3.05) is 39.6 Å². The van der Waals surface area contributed by atoms with E-state index in [1.807, 2.05) is 24.3 Å². The largest absolute Gasteiger partial charge is 0.493 e. The van der Waals surface area contributed by atoms with Crippen LogP contribution in [0.1, 0.15) is 13.3 Å². The van der Waals surface area contributed by atoms with E-state index in [2.05, 4.69) is 11.8 Å². The summed E-state index contributed by atoms with van der Waals surface area (Å²) in [5.41, 5.74) is 0.164. The lowest BCUT2D eigenvalue weighted by atomic mass is 10.2. The number of ether oxygens (including phenoxy) is 5. The van der Waals surface area contributed by atoms with Gasteiger partial charge >= 0.3 is 5.63 Å². The molecule has 2 aromatic carbocycles. The van der Waals surface area contributed by atoms with Gasteiger partial charge in [0.2, 0.25) is 6.79 Å². The van der Waals surface area contributed by atoms with E-state index < -0.39 is 0 Å². The molecule has 3 heterocycles. The molecule has 0 amide bonds. The Morgan fingerprint density at radius 2 is 1.78 bits per heavy atom. The van der Waals surface area contributed by atoms with Crippen molar-refractivity contribution in [2.45, 2.75) is 19.4 Å². The molecule has 0 aliphatic carbocycles. The third-order valence-corrected chi connectivity index (χ3v) is 5.55. The molecule has 1 atom stereocenters. The molecule has 0 bridgehead atoms. The van der Waals surface area contributed by atoms with Gasteiger partial charge in [-0.15, -0.1) is 0 Å². The van der Waals surface area contributed by atoms with Gasteiger partial charge in [-0.1, -0.05) is 6.92 Å². The van der Waals surface area contributed by atoms with Gasteiger partial charge < -0.3 is 28.1 Å². The minimum absolute atomic E-state index is 0.0628. The van der Waals surface area contributed by atoms with Crippen LogP contribution in [-0.2, 0) is 0 Å². The van der Waals surface area contributed by atoms with Crippen molar-refractivity contribution in [3.63, 3.8) is 0 Å². The highest BCUT2D eigenvalue weighted by molar-refractivity contribution is 5.77. The van der Waals surface area contributed by atoms with Crippen LogP contribution in [0, 0.1) is 0 Å². The zero-order valence-electron chi connectivity index (χ0n) is 17.9. The summed E-state index contributed by atoms with van der Waals surface area (Å²) in [4.78, 5) is 13.7. The summed E-state index contributed by atoms with van der Waals surface area (Å²) in [5, 5.41) is 0.870. The number of nitrogens with zero attached hydrogens (tertiary/aromatic N) is 1. The van der Waals surface area contributed by atoms with Crippen LogP contribution in [0.25, 0.3) is 11.0 Å². The van der Waals surface area contributed by atoms with Crippen LogP contribution >= 0.6 is 0 Å². The summed E-state index contributed by atoms with van der Waals surface area (Å²) in [5.74, 6) is 3.44. The minimum atomic E-state index is -0.366. The Morgan fingerprint density at radius 3 is 2.62 bits per heavy atom. The molecule has 168 valence electrons. The van der Waals surface area contributed by atoms with E-state index in [0.717, 1.165) is 31.4 Å². The average molecular weight is 439 g/mol. The average Bonchev–Trinajstić information content (AvgIpc) is 3.26. The predicted molar refractivity (Wildman–Crippen MR) is 117 cm³/mol.